The molecule has 9 nitrogen and oxygen atoms in total. The first-order valence-electron chi connectivity index (χ1n) is 6.49. The molecule has 0 unspecified atom stereocenters. The normalized spacial score (nSPS) is 13.4. The Morgan fingerprint density at radius 2 is 2.00 bits per heavy atom. The zero-order chi connectivity index (χ0) is 16.6. The summed E-state index contributed by atoms with van der Waals surface area (Å²) in [6.07, 6.45) is 4.37. The summed E-state index contributed by atoms with van der Waals surface area (Å²) in [5.41, 5.74) is 3.91. The number of anilines is 2. The molecule has 0 aliphatic carbocycles. The van der Waals surface area contributed by atoms with Gasteiger partial charge in [-0.05, 0) is 18.2 Å². The molecular weight excluding hydrogens is 324 g/mol. The lowest BCUT2D eigenvalue weighted by Gasteiger charge is -2.26. The van der Waals surface area contributed by atoms with Crippen LogP contribution in [0.1, 0.15) is 5.69 Å². The Balaban J connectivity index is 1.93. The molecule has 0 fully saturated rings. The van der Waals surface area contributed by atoms with Gasteiger partial charge in [0, 0.05) is 12.3 Å². The van der Waals surface area contributed by atoms with E-state index in [4.69, 9.17) is 8.92 Å². The monoisotopic (exact) mass is 338 g/mol. The number of hydrogen-bond donors (Lipinski definition) is 3. The number of aromatic nitrogens is 2. The molecule has 1 aliphatic rings. The first kappa shape index (κ1) is 15.0. The number of methoxy groups -OCH3 is 1. The molecule has 122 valence electrons. The van der Waals surface area contributed by atoms with E-state index in [-0.39, 0.29) is 11.4 Å². The molecule has 0 amide bonds. The third-order valence-electron chi connectivity index (χ3n) is 3.04. The van der Waals surface area contributed by atoms with Gasteiger partial charge in [0.2, 0.25) is 0 Å². The van der Waals surface area contributed by atoms with Crippen LogP contribution in [0.2, 0.25) is 0 Å². The predicted molar refractivity (Wildman–Crippen MR) is 85.0 cm³/mol. The van der Waals surface area contributed by atoms with Crippen molar-refractivity contribution in [2.75, 3.05) is 23.8 Å². The van der Waals surface area contributed by atoms with Crippen molar-refractivity contribution >= 4 is 27.7 Å². The fourth-order valence-electron chi connectivity index (χ4n) is 2.14. The number of H-pyrrole nitrogens is 2. The van der Waals surface area contributed by atoms with Gasteiger partial charge >= 0.3 is 15.8 Å². The van der Waals surface area contributed by atoms with Crippen molar-refractivity contribution in [1.82, 2.24) is 9.97 Å². The average molecular weight is 338 g/mol. The smallest absolute Gasteiger partial charge is 0.325 e. The maximum Gasteiger partial charge on any atom is 0.325 e. The van der Waals surface area contributed by atoms with Crippen molar-refractivity contribution in [3.05, 3.63) is 40.6 Å². The molecule has 2 aromatic rings. The van der Waals surface area contributed by atoms with Crippen molar-refractivity contribution in [1.29, 1.82) is 0 Å². The Morgan fingerprint density at radius 1 is 1.22 bits per heavy atom. The van der Waals surface area contributed by atoms with Crippen LogP contribution in [0, 0.1) is 0 Å². The van der Waals surface area contributed by atoms with E-state index in [1.165, 1.54) is 19.2 Å². The van der Waals surface area contributed by atoms with Gasteiger partial charge in [-0.15, -0.1) is 0 Å². The summed E-state index contributed by atoms with van der Waals surface area (Å²) >= 11 is 0. The lowest BCUT2D eigenvalue weighted by atomic mass is 10.2. The summed E-state index contributed by atoms with van der Waals surface area (Å²) in [4.78, 5) is 16.5. The summed E-state index contributed by atoms with van der Waals surface area (Å²) in [5.74, 6) is 1.05. The number of aromatic amines is 2. The fraction of sp³-hybridized carbons (Fsp3) is 0.154. The number of nitrogens with zero attached hydrogens (tertiary/aromatic N) is 1. The second-order valence-electron chi connectivity index (χ2n) is 4.79. The minimum Gasteiger partial charge on any atom is -0.494 e. The highest BCUT2D eigenvalue weighted by atomic mass is 32.2. The van der Waals surface area contributed by atoms with Crippen LogP contribution in [0.3, 0.4) is 0 Å². The summed E-state index contributed by atoms with van der Waals surface area (Å²) in [5, 5.41) is 1.62. The van der Waals surface area contributed by atoms with Crippen molar-refractivity contribution in [3.63, 3.8) is 0 Å². The van der Waals surface area contributed by atoms with Gasteiger partial charge < -0.3 is 13.9 Å². The van der Waals surface area contributed by atoms with Crippen LogP contribution < -0.4 is 25.0 Å². The van der Waals surface area contributed by atoms with Gasteiger partial charge in [0.05, 0.1) is 19.1 Å². The van der Waals surface area contributed by atoms with Gasteiger partial charge in [-0.2, -0.15) is 8.42 Å². The second kappa shape index (κ2) is 5.39. The van der Waals surface area contributed by atoms with Crippen LogP contribution in [-0.4, -0.2) is 31.8 Å². The molecule has 0 saturated carbocycles. The SMILES string of the molecule is COc1cc(OS(C)(=O)=O)ccc1N1C=Cc2[nH]c(=O)[nH]c2N1. The van der Waals surface area contributed by atoms with Crippen LogP contribution in [-0.2, 0) is 10.1 Å². The molecule has 0 spiro atoms. The fourth-order valence-corrected chi connectivity index (χ4v) is 2.59. The van der Waals surface area contributed by atoms with Crippen LogP contribution in [0.4, 0.5) is 11.5 Å². The maximum absolute atomic E-state index is 11.3. The highest BCUT2D eigenvalue weighted by Crippen LogP contribution is 2.34. The van der Waals surface area contributed by atoms with E-state index >= 15 is 0 Å². The second-order valence-corrected chi connectivity index (χ2v) is 6.36. The van der Waals surface area contributed by atoms with Crippen LogP contribution in [0.25, 0.3) is 6.08 Å². The van der Waals surface area contributed by atoms with Crippen molar-refractivity contribution in [2.24, 2.45) is 0 Å². The topological polar surface area (TPSA) is 117 Å². The number of hydrogen-bond acceptors (Lipinski definition) is 7. The minimum absolute atomic E-state index is 0.143. The number of hydrazine groups is 1. The lowest BCUT2D eigenvalue weighted by Crippen LogP contribution is -2.27. The molecule has 1 aliphatic heterocycles. The Morgan fingerprint density at radius 3 is 2.70 bits per heavy atom. The number of benzene rings is 1. The van der Waals surface area contributed by atoms with Gasteiger partial charge in [-0.3, -0.25) is 15.4 Å². The highest BCUT2D eigenvalue weighted by Gasteiger charge is 2.18. The molecule has 3 rings (SSSR count). The Labute approximate surface area is 131 Å². The Hall–Kier alpha value is -2.88. The molecule has 0 bridgehead atoms. The van der Waals surface area contributed by atoms with Gasteiger partial charge in [-0.25, -0.2) is 4.79 Å². The van der Waals surface area contributed by atoms with Crippen LogP contribution >= 0.6 is 0 Å². The predicted octanol–water partition coefficient (Wildman–Crippen LogP) is 0.868. The molecular formula is C13H14N4O5S. The summed E-state index contributed by atoms with van der Waals surface area (Å²) in [7, 11) is -2.16. The van der Waals surface area contributed by atoms with Crippen LogP contribution in [0.5, 0.6) is 11.5 Å². The molecule has 3 N–H and O–H groups in total. The van der Waals surface area contributed by atoms with Gasteiger partial charge in [-0.1, -0.05) is 0 Å². The molecule has 0 saturated heterocycles. The van der Waals surface area contributed by atoms with Crippen molar-refractivity contribution in [2.45, 2.75) is 0 Å². The molecule has 2 heterocycles. The van der Waals surface area contributed by atoms with Crippen LogP contribution in [0.15, 0.2) is 29.2 Å². The summed E-state index contributed by atoms with van der Waals surface area (Å²) in [6.45, 7) is 0. The summed E-state index contributed by atoms with van der Waals surface area (Å²) < 4.78 is 32.5. The molecule has 10 heteroatoms. The third-order valence-corrected chi connectivity index (χ3v) is 3.53. The van der Waals surface area contributed by atoms with Gasteiger partial charge in [0.1, 0.15) is 17.2 Å². The highest BCUT2D eigenvalue weighted by molar-refractivity contribution is 7.86. The van der Waals surface area contributed by atoms with E-state index in [0.717, 1.165) is 6.26 Å². The van der Waals surface area contributed by atoms with Crippen molar-refractivity contribution < 1.29 is 17.3 Å². The molecule has 0 radical (unpaired) electrons. The number of fused-ring (bicyclic) bond motifs is 1. The van der Waals surface area contributed by atoms with E-state index in [2.05, 4.69) is 15.4 Å². The molecule has 1 aromatic carbocycles. The Kier molecular flexibility index (Phi) is 3.52. The Bertz CT molecular complexity index is 928. The quantitative estimate of drug-likeness (QED) is 0.708. The van der Waals surface area contributed by atoms with E-state index in [9.17, 15) is 13.2 Å². The maximum atomic E-state index is 11.3. The standard InChI is InChI=1S/C13H14N4O5S/c1-21-11-7-8(22-23(2,19)20)3-4-10(11)17-6-5-9-12(16-17)15-13(18)14-9/h3-7,16H,1-2H3,(H2,14,15,18). The first-order chi connectivity index (χ1) is 10.9. The zero-order valence-electron chi connectivity index (χ0n) is 12.3. The lowest BCUT2D eigenvalue weighted by molar-refractivity contribution is 0.412. The summed E-state index contributed by atoms with van der Waals surface area (Å²) in [6, 6.07) is 4.59. The molecule has 23 heavy (non-hydrogen) atoms. The largest absolute Gasteiger partial charge is 0.494 e. The average Bonchev–Trinajstić information content (AvgIpc) is 2.84. The minimum atomic E-state index is -3.62. The number of imidazole rings is 1. The van der Waals surface area contributed by atoms with Crippen molar-refractivity contribution in [3.8, 4) is 11.5 Å². The molecule has 1 aromatic heterocycles. The van der Waals surface area contributed by atoms with Gasteiger partial charge in [0.25, 0.3) is 0 Å². The first-order valence-corrected chi connectivity index (χ1v) is 8.31. The van der Waals surface area contributed by atoms with Gasteiger partial charge in [0.15, 0.2) is 5.82 Å². The number of nitrogens with one attached hydrogen (secondary N) is 3. The number of ether oxygens (including phenoxy) is 1. The van der Waals surface area contributed by atoms with E-state index in [0.29, 0.717) is 22.9 Å². The zero-order valence-corrected chi connectivity index (χ0v) is 13.1. The van der Waals surface area contributed by atoms with E-state index in [1.54, 1.807) is 23.4 Å². The van der Waals surface area contributed by atoms with E-state index < -0.39 is 10.1 Å². The third kappa shape index (κ3) is 3.16. The number of rotatable bonds is 4. The van der Waals surface area contributed by atoms with E-state index in [1.807, 2.05) is 0 Å². The molecule has 0 atom stereocenters.